The Labute approximate surface area is 171 Å². The Hall–Kier alpha value is -2.12. The van der Waals surface area contributed by atoms with E-state index in [0.29, 0.717) is 13.0 Å². The third-order valence-electron chi connectivity index (χ3n) is 6.23. The minimum absolute atomic E-state index is 0.0282. The summed E-state index contributed by atoms with van der Waals surface area (Å²) in [5, 5.41) is 15.7. The third-order valence-corrected chi connectivity index (χ3v) is 6.23. The van der Waals surface area contributed by atoms with Crippen molar-refractivity contribution < 1.29 is 24.2 Å². The van der Waals surface area contributed by atoms with E-state index in [1.165, 1.54) is 0 Å². The molecule has 2 fully saturated rings. The quantitative estimate of drug-likeness (QED) is 0.650. The standard InChI is InChI=1S/C22H30N2O5/c1-2-8-23-20(26)11-15-10-17-16-9-14(24-22(27)13-4-3-5-13)6-7-18(16)29-21(17)19(12-25)28-15/h6-7,9,13,15,17,19,21,25H,2-5,8,10-12H2,1H3,(H,23,26)(H,24,27)/t15-,17-,19+,21+/m0/s1. The number of aliphatic hydroxyl groups excluding tert-OH is 1. The highest BCUT2D eigenvalue weighted by Crippen LogP contribution is 2.47. The molecule has 158 valence electrons. The molecule has 0 radical (unpaired) electrons. The van der Waals surface area contributed by atoms with Gasteiger partial charge in [0.05, 0.1) is 19.1 Å². The molecular weight excluding hydrogens is 372 g/mol. The van der Waals surface area contributed by atoms with Crippen LogP contribution in [-0.2, 0) is 14.3 Å². The molecule has 3 aliphatic rings. The molecule has 4 atom stereocenters. The second kappa shape index (κ2) is 8.71. The van der Waals surface area contributed by atoms with Gasteiger partial charge >= 0.3 is 0 Å². The molecule has 1 saturated heterocycles. The highest BCUT2D eigenvalue weighted by molar-refractivity contribution is 5.93. The van der Waals surface area contributed by atoms with Crippen molar-refractivity contribution in [3.8, 4) is 5.75 Å². The molecule has 1 saturated carbocycles. The fourth-order valence-corrected chi connectivity index (χ4v) is 4.43. The molecule has 2 amide bonds. The van der Waals surface area contributed by atoms with Crippen LogP contribution in [0.15, 0.2) is 18.2 Å². The van der Waals surface area contributed by atoms with Crippen LogP contribution in [0.2, 0.25) is 0 Å². The van der Waals surface area contributed by atoms with Crippen molar-refractivity contribution >= 4 is 17.5 Å². The van der Waals surface area contributed by atoms with Crippen LogP contribution in [-0.4, -0.2) is 48.4 Å². The lowest BCUT2D eigenvalue weighted by molar-refractivity contribution is -0.142. The Morgan fingerprint density at radius 3 is 2.79 bits per heavy atom. The topological polar surface area (TPSA) is 96.9 Å². The van der Waals surface area contributed by atoms with Gasteiger partial charge in [0, 0.05) is 29.6 Å². The first kappa shape index (κ1) is 20.2. The molecular formula is C22H30N2O5. The van der Waals surface area contributed by atoms with E-state index in [2.05, 4.69) is 10.6 Å². The van der Waals surface area contributed by atoms with Crippen molar-refractivity contribution in [1.82, 2.24) is 5.32 Å². The summed E-state index contributed by atoms with van der Waals surface area (Å²) < 4.78 is 12.0. The van der Waals surface area contributed by atoms with Gasteiger partial charge in [0.15, 0.2) is 0 Å². The van der Waals surface area contributed by atoms with Gasteiger partial charge in [-0.2, -0.15) is 0 Å². The number of benzene rings is 1. The summed E-state index contributed by atoms with van der Waals surface area (Å²) in [6, 6.07) is 5.71. The molecule has 1 aliphatic carbocycles. The molecule has 4 rings (SSSR count). The predicted molar refractivity (Wildman–Crippen MR) is 108 cm³/mol. The van der Waals surface area contributed by atoms with E-state index in [1.54, 1.807) is 0 Å². The minimum Gasteiger partial charge on any atom is -0.487 e. The number of ether oxygens (including phenoxy) is 2. The van der Waals surface area contributed by atoms with E-state index in [1.807, 2.05) is 25.1 Å². The van der Waals surface area contributed by atoms with E-state index < -0.39 is 6.10 Å². The molecule has 0 spiro atoms. The van der Waals surface area contributed by atoms with Crippen LogP contribution in [0.3, 0.4) is 0 Å². The summed E-state index contributed by atoms with van der Waals surface area (Å²) in [5.41, 5.74) is 1.79. The lowest BCUT2D eigenvalue weighted by Crippen LogP contribution is -2.47. The number of rotatable bonds is 7. The Bertz CT molecular complexity index is 764. The Morgan fingerprint density at radius 1 is 1.28 bits per heavy atom. The van der Waals surface area contributed by atoms with E-state index in [9.17, 15) is 14.7 Å². The summed E-state index contributed by atoms with van der Waals surface area (Å²) >= 11 is 0. The molecule has 2 heterocycles. The molecule has 0 aromatic heterocycles. The van der Waals surface area contributed by atoms with Gasteiger partial charge in [0.1, 0.15) is 18.0 Å². The number of fused-ring (bicyclic) bond motifs is 3. The van der Waals surface area contributed by atoms with Crippen molar-refractivity contribution in [3.05, 3.63) is 23.8 Å². The minimum atomic E-state index is -0.474. The van der Waals surface area contributed by atoms with Crippen LogP contribution >= 0.6 is 0 Å². The number of nitrogens with one attached hydrogen (secondary N) is 2. The van der Waals surface area contributed by atoms with Crippen molar-refractivity contribution in [1.29, 1.82) is 0 Å². The molecule has 29 heavy (non-hydrogen) atoms. The first-order chi connectivity index (χ1) is 14.1. The van der Waals surface area contributed by atoms with Gasteiger partial charge in [0.25, 0.3) is 0 Å². The van der Waals surface area contributed by atoms with E-state index in [0.717, 1.165) is 42.7 Å². The molecule has 7 heteroatoms. The van der Waals surface area contributed by atoms with Crippen LogP contribution in [0.25, 0.3) is 0 Å². The monoisotopic (exact) mass is 402 g/mol. The van der Waals surface area contributed by atoms with Gasteiger partial charge in [-0.15, -0.1) is 0 Å². The zero-order valence-corrected chi connectivity index (χ0v) is 16.9. The summed E-state index contributed by atoms with van der Waals surface area (Å²) in [7, 11) is 0. The maximum Gasteiger partial charge on any atom is 0.227 e. The number of hydrogen-bond donors (Lipinski definition) is 3. The van der Waals surface area contributed by atoms with E-state index in [-0.39, 0.29) is 48.9 Å². The van der Waals surface area contributed by atoms with E-state index in [4.69, 9.17) is 9.47 Å². The molecule has 1 aromatic rings. The summed E-state index contributed by atoms with van der Waals surface area (Å²) in [6.45, 7) is 2.50. The van der Waals surface area contributed by atoms with Gasteiger partial charge in [-0.1, -0.05) is 13.3 Å². The predicted octanol–water partition coefficient (Wildman–Crippen LogP) is 2.34. The van der Waals surface area contributed by atoms with Gasteiger partial charge in [-0.3, -0.25) is 9.59 Å². The molecule has 2 aliphatic heterocycles. The normalized spacial score (nSPS) is 27.9. The largest absolute Gasteiger partial charge is 0.487 e. The lowest BCUT2D eigenvalue weighted by Gasteiger charge is -2.37. The van der Waals surface area contributed by atoms with Gasteiger partial charge < -0.3 is 25.2 Å². The maximum atomic E-state index is 12.3. The Balaban J connectivity index is 1.47. The van der Waals surface area contributed by atoms with Crippen LogP contribution < -0.4 is 15.4 Å². The molecule has 0 unspecified atom stereocenters. The van der Waals surface area contributed by atoms with Gasteiger partial charge in [0.2, 0.25) is 11.8 Å². The highest BCUT2D eigenvalue weighted by Gasteiger charge is 2.46. The number of carbonyl (C=O) groups is 2. The number of amides is 2. The SMILES string of the molecule is CCCNC(=O)C[C@@H]1C[C@H]2c3cc(NC(=O)C4CCC4)ccc3O[C@H]2[C@@H](CO)O1. The third kappa shape index (κ3) is 4.26. The zero-order chi connectivity index (χ0) is 20.4. The molecule has 1 aromatic carbocycles. The maximum absolute atomic E-state index is 12.3. The molecule has 7 nitrogen and oxygen atoms in total. The average molecular weight is 402 g/mol. The van der Waals surface area contributed by atoms with E-state index >= 15 is 0 Å². The first-order valence-electron chi connectivity index (χ1n) is 10.7. The lowest BCUT2D eigenvalue weighted by atomic mass is 9.83. The Kier molecular flexibility index (Phi) is 6.06. The van der Waals surface area contributed by atoms with Crippen LogP contribution in [0.5, 0.6) is 5.75 Å². The molecule has 3 N–H and O–H groups in total. The summed E-state index contributed by atoms with van der Waals surface area (Å²) in [6.07, 6.45) is 3.83. The fraction of sp³-hybridized carbons (Fsp3) is 0.636. The molecule has 0 bridgehead atoms. The fourth-order valence-electron chi connectivity index (χ4n) is 4.43. The number of hydrogen-bond acceptors (Lipinski definition) is 5. The second-order valence-corrected chi connectivity index (χ2v) is 8.33. The summed E-state index contributed by atoms with van der Waals surface area (Å²) in [4.78, 5) is 24.4. The van der Waals surface area contributed by atoms with Crippen LogP contribution in [0, 0.1) is 5.92 Å². The first-order valence-corrected chi connectivity index (χ1v) is 10.7. The van der Waals surface area contributed by atoms with Crippen LogP contribution in [0.1, 0.15) is 56.9 Å². The van der Waals surface area contributed by atoms with Crippen molar-refractivity contribution in [2.45, 2.75) is 69.7 Å². The number of carbonyl (C=O) groups excluding carboxylic acids is 2. The second-order valence-electron chi connectivity index (χ2n) is 8.33. The van der Waals surface area contributed by atoms with Crippen molar-refractivity contribution in [2.24, 2.45) is 5.92 Å². The Morgan fingerprint density at radius 2 is 2.10 bits per heavy atom. The van der Waals surface area contributed by atoms with Crippen LogP contribution in [0.4, 0.5) is 5.69 Å². The average Bonchev–Trinajstić information content (AvgIpc) is 3.02. The van der Waals surface area contributed by atoms with Gasteiger partial charge in [-0.25, -0.2) is 0 Å². The summed E-state index contributed by atoms with van der Waals surface area (Å²) in [5.74, 6) is 0.963. The smallest absolute Gasteiger partial charge is 0.227 e. The van der Waals surface area contributed by atoms with Gasteiger partial charge in [-0.05, 0) is 43.9 Å². The number of aliphatic hydroxyl groups is 1. The highest BCUT2D eigenvalue weighted by atomic mass is 16.6. The number of anilines is 1. The van der Waals surface area contributed by atoms with Crippen molar-refractivity contribution in [2.75, 3.05) is 18.5 Å². The van der Waals surface area contributed by atoms with Crippen molar-refractivity contribution in [3.63, 3.8) is 0 Å². The zero-order valence-electron chi connectivity index (χ0n) is 16.9.